The summed E-state index contributed by atoms with van der Waals surface area (Å²) >= 11 is 0. The van der Waals surface area contributed by atoms with Crippen molar-refractivity contribution in [2.24, 2.45) is 0 Å². The maximum Gasteiger partial charge on any atom is 0.323 e. The van der Waals surface area contributed by atoms with E-state index in [2.05, 4.69) is 58.8 Å². The molecule has 1 atom stereocenters. The van der Waals surface area contributed by atoms with Crippen molar-refractivity contribution in [3.8, 4) is 0 Å². The number of carbonyl (C=O) groups is 1. The Labute approximate surface area is 180 Å². The standard InChI is InChI=1S/C25H34N4O/c1-28(2)24-16-17-29(18-24)23-14-12-22(13-15-23)27-25(30)26-21-10-8-20(9-11-21)19-6-4-3-5-7-19/h8-15,19,24H,3-7,16-18H2,1-2H3,(H2,26,27,30). The molecule has 0 radical (unpaired) electrons. The highest BCUT2D eigenvalue weighted by atomic mass is 16.2. The van der Waals surface area contributed by atoms with Gasteiger partial charge in [0, 0.05) is 36.2 Å². The first-order valence-corrected chi connectivity index (χ1v) is 11.3. The first-order valence-electron chi connectivity index (χ1n) is 11.3. The number of likely N-dealkylation sites (N-methyl/N-ethyl adjacent to an activating group) is 1. The zero-order valence-electron chi connectivity index (χ0n) is 18.2. The predicted octanol–water partition coefficient (Wildman–Crippen LogP) is 5.52. The molecule has 0 bridgehead atoms. The lowest BCUT2D eigenvalue weighted by Gasteiger charge is -2.22. The topological polar surface area (TPSA) is 47.6 Å². The molecule has 2 fully saturated rings. The Morgan fingerprint density at radius 3 is 2.03 bits per heavy atom. The molecule has 2 aromatic rings. The van der Waals surface area contributed by atoms with Gasteiger partial charge in [-0.15, -0.1) is 0 Å². The summed E-state index contributed by atoms with van der Waals surface area (Å²) in [5.41, 5.74) is 4.24. The second-order valence-corrected chi connectivity index (χ2v) is 8.94. The van der Waals surface area contributed by atoms with E-state index in [-0.39, 0.29) is 6.03 Å². The van der Waals surface area contributed by atoms with Crippen molar-refractivity contribution in [1.82, 2.24) is 4.90 Å². The monoisotopic (exact) mass is 406 g/mol. The van der Waals surface area contributed by atoms with Gasteiger partial charge in [0.15, 0.2) is 0 Å². The van der Waals surface area contributed by atoms with E-state index >= 15 is 0 Å². The third kappa shape index (κ3) is 5.14. The minimum absolute atomic E-state index is 0.206. The number of amides is 2. The van der Waals surface area contributed by atoms with E-state index in [9.17, 15) is 4.79 Å². The molecule has 1 saturated heterocycles. The van der Waals surface area contributed by atoms with Gasteiger partial charge in [-0.1, -0.05) is 31.4 Å². The third-order valence-electron chi connectivity index (χ3n) is 6.63. The quantitative estimate of drug-likeness (QED) is 0.687. The van der Waals surface area contributed by atoms with Crippen LogP contribution in [0.5, 0.6) is 0 Å². The molecule has 30 heavy (non-hydrogen) atoms. The van der Waals surface area contributed by atoms with Crippen molar-refractivity contribution in [3.05, 3.63) is 54.1 Å². The highest BCUT2D eigenvalue weighted by Gasteiger charge is 2.24. The highest BCUT2D eigenvalue weighted by molar-refractivity contribution is 5.99. The summed E-state index contributed by atoms with van der Waals surface area (Å²) in [6.07, 6.45) is 7.80. The first-order chi connectivity index (χ1) is 14.6. The normalized spacial score (nSPS) is 19.8. The van der Waals surface area contributed by atoms with Crippen LogP contribution in [0, 0.1) is 0 Å². The average molecular weight is 407 g/mol. The fourth-order valence-corrected chi connectivity index (χ4v) is 4.72. The summed E-state index contributed by atoms with van der Waals surface area (Å²) in [4.78, 5) is 17.1. The van der Waals surface area contributed by atoms with E-state index in [1.54, 1.807) is 0 Å². The van der Waals surface area contributed by atoms with Gasteiger partial charge in [-0.05, 0) is 81.2 Å². The molecular formula is C25H34N4O. The van der Waals surface area contributed by atoms with E-state index in [1.807, 2.05) is 24.3 Å². The molecule has 5 heteroatoms. The fourth-order valence-electron chi connectivity index (χ4n) is 4.72. The highest BCUT2D eigenvalue weighted by Crippen LogP contribution is 2.33. The summed E-state index contributed by atoms with van der Waals surface area (Å²) in [7, 11) is 4.28. The summed E-state index contributed by atoms with van der Waals surface area (Å²) in [6.45, 7) is 2.13. The summed E-state index contributed by atoms with van der Waals surface area (Å²) < 4.78 is 0. The lowest BCUT2D eigenvalue weighted by Crippen LogP contribution is -2.31. The van der Waals surface area contributed by atoms with Gasteiger partial charge in [0.25, 0.3) is 0 Å². The van der Waals surface area contributed by atoms with Gasteiger partial charge in [-0.2, -0.15) is 0 Å². The number of rotatable bonds is 5. The predicted molar refractivity (Wildman–Crippen MR) is 126 cm³/mol. The third-order valence-corrected chi connectivity index (χ3v) is 6.63. The average Bonchev–Trinajstić information content (AvgIpc) is 3.26. The maximum atomic E-state index is 12.4. The lowest BCUT2D eigenvalue weighted by atomic mass is 9.84. The van der Waals surface area contributed by atoms with E-state index in [0.717, 1.165) is 24.5 Å². The summed E-state index contributed by atoms with van der Waals surface area (Å²) in [6, 6.07) is 16.9. The smallest absolute Gasteiger partial charge is 0.323 e. The van der Waals surface area contributed by atoms with Crippen LogP contribution in [0.1, 0.15) is 50.0 Å². The van der Waals surface area contributed by atoms with E-state index < -0.39 is 0 Å². The van der Waals surface area contributed by atoms with Crippen LogP contribution in [-0.4, -0.2) is 44.2 Å². The molecule has 5 nitrogen and oxygen atoms in total. The Balaban J connectivity index is 1.28. The van der Waals surface area contributed by atoms with Gasteiger partial charge in [-0.25, -0.2) is 4.79 Å². The molecule has 160 valence electrons. The number of urea groups is 1. The first kappa shape index (κ1) is 20.7. The van der Waals surface area contributed by atoms with Gasteiger partial charge >= 0.3 is 6.03 Å². The second-order valence-electron chi connectivity index (χ2n) is 8.94. The molecule has 2 amide bonds. The van der Waals surface area contributed by atoms with Crippen molar-refractivity contribution in [3.63, 3.8) is 0 Å². The van der Waals surface area contributed by atoms with Gasteiger partial charge in [0.05, 0.1) is 0 Å². The van der Waals surface area contributed by atoms with E-state index in [1.165, 1.54) is 49.8 Å². The zero-order chi connectivity index (χ0) is 20.9. The molecule has 0 aromatic heterocycles. The van der Waals surface area contributed by atoms with E-state index in [0.29, 0.717) is 12.0 Å². The van der Waals surface area contributed by atoms with Crippen molar-refractivity contribution in [2.75, 3.05) is 42.7 Å². The minimum Gasteiger partial charge on any atom is -0.370 e. The zero-order valence-corrected chi connectivity index (χ0v) is 18.2. The summed E-state index contributed by atoms with van der Waals surface area (Å²) in [5, 5.41) is 5.88. The van der Waals surface area contributed by atoms with Crippen LogP contribution in [0.2, 0.25) is 0 Å². The van der Waals surface area contributed by atoms with Crippen LogP contribution in [-0.2, 0) is 0 Å². The van der Waals surface area contributed by atoms with Crippen molar-refractivity contribution < 1.29 is 4.79 Å². The molecule has 1 saturated carbocycles. The van der Waals surface area contributed by atoms with Crippen LogP contribution in [0.4, 0.5) is 21.9 Å². The maximum absolute atomic E-state index is 12.4. The van der Waals surface area contributed by atoms with Crippen LogP contribution in [0.3, 0.4) is 0 Å². The van der Waals surface area contributed by atoms with E-state index in [4.69, 9.17) is 0 Å². The van der Waals surface area contributed by atoms with Gasteiger partial charge < -0.3 is 20.4 Å². The number of nitrogens with one attached hydrogen (secondary N) is 2. The Morgan fingerprint density at radius 2 is 1.47 bits per heavy atom. The molecule has 2 aliphatic rings. The largest absolute Gasteiger partial charge is 0.370 e. The number of hydrogen-bond acceptors (Lipinski definition) is 3. The van der Waals surface area contributed by atoms with Crippen molar-refractivity contribution >= 4 is 23.1 Å². The molecule has 0 spiro atoms. The van der Waals surface area contributed by atoms with Crippen molar-refractivity contribution in [2.45, 2.75) is 50.5 Å². The molecular weight excluding hydrogens is 372 g/mol. The van der Waals surface area contributed by atoms with Crippen molar-refractivity contribution in [1.29, 1.82) is 0 Å². The summed E-state index contributed by atoms with van der Waals surface area (Å²) in [5.74, 6) is 0.684. The Morgan fingerprint density at radius 1 is 0.867 bits per heavy atom. The molecule has 1 aliphatic carbocycles. The van der Waals surface area contributed by atoms with Gasteiger partial charge in [0.1, 0.15) is 0 Å². The second kappa shape index (κ2) is 9.52. The number of nitrogens with zero attached hydrogens (tertiary/aromatic N) is 2. The van der Waals surface area contributed by atoms with Gasteiger partial charge in [-0.3, -0.25) is 0 Å². The Kier molecular flexibility index (Phi) is 6.58. The molecule has 2 aromatic carbocycles. The Hall–Kier alpha value is -2.53. The molecule has 4 rings (SSSR count). The fraction of sp³-hybridized carbons (Fsp3) is 0.480. The van der Waals surface area contributed by atoms with Gasteiger partial charge in [0.2, 0.25) is 0 Å². The number of anilines is 3. The minimum atomic E-state index is -0.206. The SMILES string of the molecule is CN(C)C1CCN(c2ccc(NC(=O)Nc3ccc(C4CCCCC4)cc3)cc2)C1. The lowest BCUT2D eigenvalue weighted by molar-refractivity contribution is 0.262. The number of hydrogen-bond donors (Lipinski definition) is 2. The van der Waals surface area contributed by atoms with Crippen LogP contribution in [0.15, 0.2) is 48.5 Å². The number of benzene rings is 2. The molecule has 1 heterocycles. The van der Waals surface area contributed by atoms with Crippen LogP contribution in [0.25, 0.3) is 0 Å². The van der Waals surface area contributed by atoms with Crippen LogP contribution < -0.4 is 15.5 Å². The van der Waals surface area contributed by atoms with Crippen LogP contribution >= 0.6 is 0 Å². The molecule has 2 N–H and O–H groups in total. The molecule has 1 aliphatic heterocycles. The Bertz CT molecular complexity index is 825. The molecule has 1 unspecified atom stereocenters. The number of carbonyl (C=O) groups excluding carboxylic acids is 1.